The van der Waals surface area contributed by atoms with E-state index in [2.05, 4.69) is 4.52 Å². The third-order valence-electron chi connectivity index (χ3n) is 2.44. The van der Waals surface area contributed by atoms with Crippen LogP contribution in [0.1, 0.15) is 45.1 Å². The Hall–Kier alpha value is -1.32. The lowest BCUT2D eigenvalue weighted by molar-refractivity contribution is -0.135. The Balaban J connectivity index is 2.67. The van der Waals surface area contributed by atoms with Crippen LogP contribution in [-0.2, 0) is 13.9 Å². The van der Waals surface area contributed by atoms with Crippen LogP contribution in [0.25, 0.3) is 0 Å². The molecule has 1 aromatic carbocycles. The molecule has 0 bridgehead atoms. The predicted molar refractivity (Wildman–Crippen MR) is 72.0 cm³/mol. The van der Waals surface area contributed by atoms with Gasteiger partial charge in [-0.1, -0.05) is 32.9 Å². The van der Waals surface area contributed by atoms with Crippen LogP contribution in [0, 0.1) is 0 Å². The molecule has 106 valence electrons. The lowest BCUT2D eigenvalue weighted by Gasteiger charge is -2.13. The number of rotatable bonds is 6. The Morgan fingerprint density at radius 3 is 2.37 bits per heavy atom. The minimum absolute atomic E-state index is 0.0835. The summed E-state index contributed by atoms with van der Waals surface area (Å²) in [6, 6.07) is 6.75. The van der Waals surface area contributed by atoms with Gasteiger partial charge in [0.2, 0.25) is 0 Å². The highest BCUT2D eigenvalue weighted by Crippen LogP contribution is 2.44. The summed E-state index contributed by atoms with van der Waals surface area (Å²) >= 11 is 0. The molecule has 1 unspecified atom stereocenters. The van der Waals surface area contributed by atoms with Crippen molar-refractivity contribution in [2.24, 2.45) is 0 Å². The first-order chi connectivity index (χ1) is 8.84. The van der Waals surface area contributed by atoms with E-state index >= 15 is 0 Å². The summed E-state index contributed by atoms with van der Waals surface area (Å²) in [7, 11) is -4.39. The van der Waals surface area contributed by atoms with Crippen molar-refractivity contribution in [3.05, 3.63) is 29.8 Å². The van der Waals surface area contributed by atoms with Gasteiger partial charge in [-0.3, -0.25) is 9.69 Å². The Kier molecular flexibility index (Phi) is 5.58. The van der Waals surface area contributed by atoms with Gasteiger partial charge in [0.15, 0.2) is 0 Å². The summed E-state index contributed by atoms with van der Waals surface area (Å²) in [5.41, 5.74) is 1.09. The van der Waals surface area contributed by atoms with Crippen LogP contribution in [0.3, 0.4) is 0 Å². The molecule has 19 heavy (non-hydrogen) atoms. The maximum Gasteiger partial charge on any atom is 0.587 e. The summed E-state index contributed by atoms with van der Waals surface area (Å²) in [5.74, 6) is -0.191. The van der Waals surface area contributed by atoms with Gasteiger partial charge in [-0.2, -0.15) is 0 Å². The molecule has 6 heteroatoms. The van der Waals surface area contributed by atoms with Crippen molar-refractivity contribution in [2.45, 2.75) is 39.5 Å². The van der Waals surface area contributed by atoms with Crippen molar-refractivity contribution in [2.75, 3.05) is 0 Å². The molecule has 0 heterocycles. The Labute approximate surface area is 113 Å². The van der Waals surface area contributed by atoms with Crippen LogP contribution in [0.15, 0.2) is 24.3 Å². The van der Waals surface area contributed by atoms with Crippen LogP contribution < -0.4 is 4.52 Å². The van der Waals surface area contributed by atoms with Crippen LogP contribution in [-0.4, -0.2) is 10.9 Å². The molecule has 1 N–H and O–H groups in total. The van der Waals surface area contributed by atoms with Crippen molar-refractivity contribution in [3.63, 3.8) is 0 Å². The van der Waals surface area contributed by atoms with Gasteiger partial charge in [0.05, 0.1) is 0 Å². The van der Waals surface area contributed by atoms with Crippen molar-refractivity contribution < 1.29 is 23.3 Å². The second-order valence-electron chi connectivity index (χ2n) is 4.50. The third-order valence-corrected chi connectivity index (χ3v) is 3.31. The Morgan fingerprint density at radius 2 is 1.89 bits per heavy atom. The molecule has 0 aromatic heterocycles. The first-order valence-corrected chi connectivity index (χ1v) is 7.68. The molecule has 0 aliphatic rings. The molecule has 0 saturated carbocycles. The summed E-state index contributed by atoms with van der Waals surface area (Å²) in [6.45, 7) is 5.85. The molecule has 1 atom stereocenters. The van der Waals surface area contributed by atoms with Gasteiger partial charge in [-0.15, -0.1) is 0 Å². The number of carbonyl (C=O) groups excluding carboxylic acids is 1. The van der Waals surface area contributed by atoms with Crippen molar-refractivity contribution in [3.8, 4) is 5.75 Å². The summed E-state index contributed by atoms with van der Waals surface area (Å²) in [5, 5.41) is 0. The zero-order valence-corrected chi connectivity index (χ0v) is 12.2. The Morgan fingerprint density at radius 1 is 1.32 bits per heavy atom. The van der Waals surface area contributed by atoms with Crippen LogP contribution in [0.4, 0.5) is 0 Å². The number of hydrogen-bond donors (Lipinski definition) is 1. The summed E-state index contributed by atoms with van der Waals surface area (Å²) in [4.78, 5) is 20.6. The highest BCUT2D eigenvalue weighted by molar-refractivity contribution is 7.48. The molecule has 1 aromatic rings. The number of hydrogen-bond acceptors (Lipinski definition) is 4. The van der Waals surface area contributed by atoms with E-state index in [0.29, 0.717) is 12.3 Å². The molecule has 1 rings (SSSR count). The van der Waals surface area contributed by atoms with Gasteiger partial charge >= 0.3 is 13.8 Å². The SMILES string of the molecule is CCCC(=O)OP(=O)(O)Oc1ccc(C(C)C)cc1. The number of carbonyl (C=O) groups is 1. The highest BCUT2D eigenvalue weighted by atomic mass is 31.2. The van der Waals surface area contributed by atoms with Crippen molar-refractivity contribution in [1.29, 1.82) is 0 Å². The summed E-state index contributed by atoms with van der Waals surface area (Å²) in [6.07, 6.45) is 0.627. The van der Waals surface area contributed by atoms with Crippen molar-refractivity contribution >= 4 is 13.8 Å². The average Bonchev–Trinajstić information content (AvgIpc) is 2.28. The van der Waals surface area contributed by atoms with E-state index in [1.54, 1.807) is 31.2 Å². The molecule has 0 spiro atoms. The van der Waals surface area contributed by atoms with Gasteiger partial charge in [0.25, 0.3) is 0 Å². The van der Waals surface area contributed by atoms with Crippen LogP contribution >= 0.6 is 7.82 Å². The molecule has 0 amide bonds. The Bertz CT molecular complexity index is 466. The highest BCUT2D eigenvalue weighted by Gasteiger charge is 2.27. The number of phosphoric acid groups is 1. The van der Waals surface area contributed by atoms with E-state index < -0.39 is 13.8 Å². The zero-order valence-electron chi connectivity index (χ0n) is 11.3. The first-order valence-electron chi connectivity index (χ1n) is 6.19. The third kappa shape index (κ3) is 5.45. The summed E-state index contributed by atoms with van der Waals surface area (Å²) < 4.78 is 20.8. The fraction of sp³-hybridized carbons (Fsp3) is 0.462. The van der Waals surface area contributed by atoms with E-state index in [1.165, 1.54) is 0 Å². The van der Waals surface area contributed by atoms with Gasteiger partial charge in [-0.25, -0.2) is 4.57 Å². The fourth-order valence-corrected chi connectivity index (χ4v) is 2.22. The van der Waals surface area contributed by atoms with Crippen molar-refractivity contribution in [1.82, 2.24) is 0 Å². The number of phosphoric ester groups is 1. The van der Waals surface area contributed by atoms with Crippen LogP contribution in [0.2, 0.25) is 0 Å². The molecule has 0 radical (unpaired) electrons. The molecular formula is C13H19O5P. The monoisotopic (exact) mass is 286 g/mol. The first kappa shape index (κ1) is 15.7. The maximum atomic E-state index is 11.6. The molecule has 5 nitrogen and oxygen atoms in total. The van der Waals surface area contributed by atoms with Gasteiger partial charge in [0.1, 0.15) is 5.75 Å². The maximum absolute atomic E-state index is 11.6. The van der Waals surface area contributed by atoms with Gasteiger partial charge in [0, 0.05) is 6.42 Å². The topological polar surface area (TPSA) is 72.8 Å². The van der Waals surface area contributed by atoms with E-state index in [4.69, 9.17) is 4.52 Å². The molecule has 0 aliphatic heterocycles. The average molecular weight is 286 g/mol. The minimum Gasteiger partial charge on any atom is -0.395 e. The van der Waals surface area contributed by atoms with Gasteiger partial charge < -0.3 is 9.05 Å². The van der Waals surface area contributed by atoms with E-state index in [0.717, 1.165) is 5.56 Å². The second kappa shape index (κ2) is 6.73. The van der Waals surface area contributed by atoms with E-state index in [1.807, 2.05) is 13.8 Å². The molecular weight excluding hydrogens is 267 g/mol. The fourth-order valence-electron chi connectivity index (χ4n) is 1.44. The largest absolute Gasteiger partial charge is 0.587 e. The minimum atomic E-state index is -4.39. The van der Waals surface area contributed by atoms with E-state index in [9.17, 15) is 14.3 Å². The van der Waals surface area contributed by atoms with E-state index in [-0.39, 0.29) is 12.2 Å². The normalized spacial score (nSPS) is 13.9. The quantitative estimate of drug-likeness (QED) is 0.808. The van der Waals surface area contributed by atoms with Crippen LogP contribution in [0.5, 0.6) is 5.75 Å². The smallest absolute Gasteiger partial charge is 0.395 e. The zero-order chi connectivity index (χ0) is 14.5. The lowest BCUT2D eigenvalue weighted by atomic mass is 10.0. The number of benzene rings is 1. The predicted octanol–water partition coefficient (Wildman–Crippen LogP) is 3.63. The molecule has 0 fully saturated rings. The standard InChI is InChI=1S/C13H19O5P/c1-4-5-13(14)18-19(15,16)17-12-8-6-11(7-9-12)10(2)3/h6-10H,4-5H2,1-3H3,(H,15,16). The lowest BCUT2D eigenvalue weighted by Crippen LogP contribution is -2.05. The van der Waals surface area contributed by atoms with Gasteiger partial charge in [-0.05, 0) is 30.0 Å². The second-order valence-corrected chi connectivity index (χ2v) is 5.80. The molecule has 0 saturated heterocycles. The molecule has 0 aliphatic carbocycles.